The van der Waals surface area contributed by atoms with Crippen LogP contribution in [0.5, 0.6) is 0 Å². The molecule has 2 unspecified atom stereocenters. The first-order valence-electron chi connectivity index (χ1n) is 8.53. The van der Waals surface area contributed by atoms with E-state index in [4.69, 9.17) is 0 Å². The van der Waals surface area contributed by atoms with Gasteiger partial charge in [-0.25, -0.2) is 0 Å². The Balaban J connectivity index is 4.63. The Labute approximate surface area is 117 Å². The number of rotatable bonds is 11. The molecule has 0 saturated carbocycles. The second-order valence-electron chi connectivity index (χ2n) is 6.78. The van der Waals surface area contributed by atoms with Crippen LogP contribution < -0.4 is 0 Å². The molecular formula is C18H38. The predicted molar refractivity (Wildman–Crippen MR) is 85.0 cm³/mol. The Kier molecular flexibility index (Phi) is 9.87. The van der Waals surface area contributed by atoms with Crippen molar-refractivity contribution >= 4 is 0 Å². The fraction of sp³-hybridized carbons (Fsp3) is 1.00. The maximum absolute atomic E-state index is 2.50. The van der Waals surface area contributed by atoms with E-state index >= 15 is 0 Å². The highest BCUT2D eigenvalue weighted by molar-refractivity contribution is 4.82. The SMILES string of the molecule is CCCCCC(CCC)C(CCC)C(C)(C)CC. The van der Waals surface area contributed by atoms with Crippen LogP contribution >= 0.6 is 0 Å². The summed E-state index contributed by atoms with van der Waals surface area (Å²) in [4.78, 5) is 0. The fourth-order valence-corrected chi connectivity index (χ4v) is 3.41. The summed E-state index contributed by atoms with van der Waals surface area (Å²) in [6, 6.07) is 0. The van der Waals surface area contributed by atoms with Crippen LogP contribution in [-0.2, 0) is 0 Å². The zero-order valence-corrected chi connectivity index (χ0v) is 14.0. The molecule has 18 heavy (non-hydrogen) atoms. The standard InChI is InChI=1S/C18H38/c1-7-11-12-15-16(13-8-2)17(14-9-3)18(5,6)10-4/h16-17H,7-15H2,1-6H3. The highest BCUT2D eigenvalue weighted by atomic mass is 14.4. The van der Waals surface area contributed by atoms with Gasteiger partial charge >= 0.3 is 0 Å². The highest BCUT2D eigenvalue weighted by Crippen LogP contribution is 2.42. The van der Waals surface area contributed by atoms with Gasteiger partial charge in [0.15, 0.2) is 0 Å². The van der Waals surface area contributed by atoms with Crippen LogP contribution in [0.4, 0.5) is 0 Å². The topological polar surface area (TPSA) is 0 Å². The lowest BCUT2D eigenvalue weighted by Crippen LogP contribution is -2.30. The Morgan fingerprint density at radius 1 is 0.722 bits per heavy atom. The minimum absolute atomic E-state index is 0.530. The first kappa shape index (κ1) is 18.0. The molecule has 0 fully saturated rings. The molecule has 0 amide bonds. The third-order valence-electron chi connectivity index (χ3n) is 4.92. The molecular weight excluding hydrogens is 216 g/mol. The van der Waals surface area contributed by atoms with Gasteiger partial charge in [0.2, 0.25) is 0 Å². The smallest absolute Gasteiger partial charge is 0.0326 e. The van der Waals surface area contributed by atoms with Gasteiger partial charge in [-0.1, -0.05) is 92.9 Å². The fourth-order valence-electron chi connectivity index (χ4n) is 3.41. The molecule has 0 N–H and O–H groups in total. The Bertz CT molecular complexity index is 180. The van der Waals surface area contributed by atoms with Crippen LogP contribution in [0, 0.1) is 17.3 Å². The largest absolute Gasteiger partial charge is 0.0654 e. The summed E-state index contributed by atoms with van der Waals surface area (Å²) in [6.45, 7) is 14.4. The van der Waals surface area contributed by atoms with Crippen molar-refractivity contribution in [1.29, 1.82) is 0 Å². The molecule has 0 aliphatic rings. The average molecular weight is 255 g/mol. The van der Waals surface area contributed by atoms with Gasteiger partial charge in [-0.3, -0.25) is 0 Å². The van der Waals surface area contributed by atoms with Gasteiger partial charge in [-0.2, -0.15) is 0 Å². The van der Waals surface area contributed by atoms with Gasteiger partial charge < -0.3 is 0 Å². The van der Waals surface area contributed by atoms with Crippen LogP contribution in [0.3, 0.4) is 0 Å². The zero-order valence-electron chi connectivity index (χ0n) is 14.0. The summed E-state index contributed by atoms with van der Waals surface area (Å²) in [5.41, 5.74) is 0.530. The first-order valence-corrected chi connectivity index (χ1v) is 8.53. The second kappa shape index (κ2) is 9.87. The minimum atomic E-state index is 0.530. The van der Waals surface area contributed by atoms with E-state index in [-0.39, 0.29) is 0 Å². The van der Waals surface area contributed by atoms with Crippen molar-refractivity contribution < 1.29 is 0 Å². The third-order valence-corrected chi connectivity index (χ3v) is 4.92. The first-order chi connectivity index (χ1) is 8.53. The summed E-state index contributed by atoms with van der Waals surface area (Å²) in [5, 5.41) is 0. The monoisotopic (exact) mass is 254 g/mol. The van der Waals surface area contributed by atoms with E-state index in [1.54, 1.807) is 0 Å². The van der Waals surface area contributed by atoms with Crippen LogP contribution in [0.2, 0.25) is 0 Å². The van der Waals surface area contributed by atoms with Gasteiger partial charge in [0.05, 0.1) is 0 Å². The van der Waals surface area contributed by atoms with Crippen molar-refractivity contribution in [1.82, 2.24) is 0 Å². The molecule has 0 aromatic heterocycles. The van der Waals surface area contributed by atoms with E-state index in [0.29, 0.717) is 5.41 Å². The van der Waals surface area contributed by atoms with Gasteiger partial charge in [0.25, 0.3) is 0 Å². The van der Waals surface area contributed by atoms with E-state index in [0.717, 1.165) is 11.8 Å². The lowest BCUT2D eigenvalue weighted by molar-refractivity contribution is 0.106. The molecule has 2 atom stereocenters. The van der Waals surface area contributed by atoms with Crippen LogP contribution in [0.25, 0.3) is 0 Å². The molecule has 0 saturated heterocycles. The van der Waals surface area contributed by atoms with E-state index in [1.807, 2.05) is 0 Å². The second-order valence-corrected chi connectivity index (χ2v) is 6.78. The van der Waals surface area contributed by atoms with Gasteiger partial charge in [0, 0.05) is 0 Å². The summed E-state index contributed by atoms with van der Waals surface area (Å²) in [5.74, 6) is 1.90. The van der Waals surface area contributed by atoms with Gasteiger partial charge in [0.1, 0.15) is 0 Å². The molecule has 0 heterocycles. The van der Waals surface area contributed by atoms with E-state index in [1.165, 1.54) is 57.8 Å². The summed E-state index contributed by atoms with van der Waals surface area (Å²) in [7, 11) is 0. The molecule has 0 aromatic carbocycles. The molecule has 0 aliphatic carbocycles. The summed E-state index contributed by atoms with van der Waals surface area (Å²) < 4.78 is 0. The number of hydrogen-bond acceptors (Lipinski definition) is 0. The normalized spacial score (nSPS) is 15.7. The number of unbranched alkanes of at least 4 members (excludes halogenated alkanes) is 2. The maximum Gasteiger partial charge on any atom is -0.0326 e. The van der Waals surface area contributed by atoms with E-state index in [2.05, 4.69) is 41.5 Å². The van der Waals surface area contributed by atoms with Crippen molar-refractivity contribution in [3.05, 3.63) is 0 Å². The van der Waals surface area contributed by atoms with Gasteiger partial charge in [-0.05, 0) is 23.7 Å². The van der Waals surface area contributed by atoms with E-state index < -0.39 is 0 Å². The minimum Gasteiger partial charge on any atom is -0.0654 e. The van der Waals surface area contributed by atoms with Crippen molar-refractivity contribution in [2.75, 3.05) is 0 Å². The van der Waals surface area contributed by atoms with Crippen LogP contribution in [0.1, 0.15) is 99.3 Å². The predicted octanol–water partition coefficient (Wildman–Crippen LogP) is 6.84. The van der Waals surface area contributed by atoms with Crippen molar-refractivity contribution in [3.8, 4) is 0 Å². The zero-order chi connectivity index (χ0) is 14.0. The van der Waals surface area contributed by atoms with Gasteiger partial charge in [-0.15, -0.1) is 0 Å². The lowest BCUT2D eigenvalue weighted by Gasteiger charge is -2.39. The molecule has 110 valence electrons. The average Bonchev–Trinajstić information content (AvgIpc) is 2.35. The van der Waals surface area contributed by atoms with Crippen molar-refractivity contribution in [2.45, 2.75) is 99.3 Å². The molecule has 0 spiro atoms. The Hall–Kier alpha value is 0. The summed E-state index contributed by atoms with van der Waals surface area (Å²) in [6.07, 6.45) is 12.6. The molecule has 0 heteroatoms. The lowest BCUT2D eigenvalue weighted by atomic mass is 9.66. The van der Waals surface area contributed by atoms with Crippen molar-refractivity contribution in [2.24, 2.45) is 17.3 Å². The third kappa shape index (κ3) is 6.25. The Morgan fingerprint density at radius 3 is 1.78 bits per heavy atom. The van der Waals surface area contributed by atoms with Crippen LogP contribution in [-0.4, -0.2) is 0 Å². The molecule has 0 aromatic rings. The Morgan fingerprint density at radius 2 is 1.33 bits per heavy atom. The summed E-state index contributed by atoms with van der Waals surface area (Å²) >= 11 is 0. The molecule has 0 rings (SSSR count). The van der Waals surface area contributed by atoms with Crippen molar-refractivity contribution in [3.63, 3.8) is 0 Å². The molecule has 0 aliphatic heterocycles. The number of hydrogen-bond donors (Lipinski definition) is 0. The molecule has 0 nitrogen and oxygen atoms in total. The van der Waals surface area contributed by atoms with Crippen LogP contribution in [0.15, 0.2) is 0 Å². The highest BCUT2D eigenvalue weighted by Gasteiger charge is 2.32. The van der Waals surface area contributed by atoms with E-state index in [9.17, 15) is 0 Å². The quantitative estimate of drug-likeness (QED) is 0.354. The molecule has 0 radical (unpaired) electrons. The molecule has 0 bridgehead atoms. The maximum atomic E-state index is 2.50.